The Kier molecular flexibility index (Phi) is 8.19. The average molecular weight is 740 g/mol. The topological polar surface area (TPSA) is 16.4 Å². The molecule has 0 bridgehead atoms. The molecule has 1 heterocycles. The molecule has 2 heteroatoms. The molecule has 0 atom stereocenters. The van der Waals surface area contributed by atoms with Crippen molar-refractivity contribution in [3.63, 3.8) is 0 Å². The van der Waals surface area contributed by atoms with E-state index in [2.05, 4.69) is 223 Å². The molecule has 0 saturated carbocycles. The zero-order chi connectivity index (χ0) is 38.4. The third kappa shape index (κ3) is 5.82. The highest BCUT2D eigenvalue weighted by molar-refractivity contribution is 6.11. The summed E-state index contributed by atoms with van der Waals surface area (Å²) in [6, 6.07) is 80.6. The van der Waals surface area contributed by atoms with Crippen LogP contribution in [-0.2, 0) is 0 Å². The molecule has 11 aromatic rings. The molecule has 2 nitrogen and oxygen atoms in total. The second-order valence-electron chi connectivity index (χ2n) is 14.9. The number of fused-ring (bicyclic) bond motifs is 5. The van der Waals surface area contributed by atoms with Crippen molar-refractivity contribution in [1.82, 2.24) is 0 Å². The maximum absolute atomic E-state index is 6.49. The van der Waals surface area contributed by atoms with Crippen LogP contribution >= 0.6 is 0 Å². The minimum absolute atomic E-state index is 0.893. The lowest BCUT2D eigenvalue weighted by molar-refractivity contribution is 0.670. The van der Waals surface area contributed by atoms with Crippen molar-refractivity contribution < 1.29 is 4.42 Å². The number of para-hydroxylation sites is 1. The lowest BCUT2D eigenvalue weighted by atomic mass is 9.91. The van der Waals surface area contributed by atoms with Gasteiger partial charge in [-0.2, -0.15) is 0 Å². The van der Waals surface area contributed by atoms with Crippen LogP contribution < -0.4 is 4.90 Å². The molecule has 0 spiro atoms. The lowest BCUT2D eigenvalue weighted by Gasteiger charge is -2.27. The van der Waals surface area contributed by atoms with Gasteiger partial charge in [-0.1, -0.05) is 182 Å². The van der Waals surface area contributed by atoms with E-state index in [-0.39, 0.29) is 0 Å². The molecule has 0 amide bonds. The van der Waals surface area contributed by atoms with Gasteiger partial charge in [-0.15, -0.1) is 0 Å². The molecule has 0 aliphatic rings. The summed E-state index contributed by atoms with van der Waals surface area (Å²) in [5, 5.41) is 7.15. The van der Waals surface area contributed by atoms with Crippen molar-refractivity contribution in [2.75, 3.05) is 4.90 Å². The van der Waals surface area contributed by atoms with E-state index in [0.717, 1.165) is 61.3 Å². The Morgan fingerprint density at radius 1 is 0.310 bits per heavy atom. The molecule has 58 heavy (non-hydrogen) atoms. The first-order valence-electron chi connectivity index (χ1n) is 19.8. The Bertz CT molecular complexity index is 3240. The van der Waals surface area contributed by atoms with Gasteiger partial charge in [0.25, 0.3) is 0 Å². The minimum Gasteiger partial charge on any atom is -0.455 e. The summed E-state index contributed by atoms with van der Waals surface area (Å²) in [5.41, 5.74) is 14.6. The van der Waals surface area contributed by atoms with Gasteiger partial charge in [0.05, 0.1) is 5.69 Å². The predicted molar refractivity (Wildman–Crippen MR) is 245 cm³/mol. The van der Waals surface area contributed by atoms with Crippen LogP contribution in [0.5, 0.6) is 0 Å². The quantitative estimate of drug-likeness (QED) is 0.162. The highest BCUT2D eigenvalue weighted by Crippen LogP contribution is 2.43. The molecular formula is C56H37NO. The van der Waals surface area contributed by atoms with Crippen molar-refractivity contribution in [2.45, 2.75) is 0 Å². The fourth-order valence-corrected chi connectivity index (χ4v) is 8.69. The Balaban J connectivity index is 0.995. The van der Waals surface area contributed by atoms with Crippen molar-refractivity contribution in [1.29, 1.82) is 0 Å². The summed E-state index contributed by atoms with van der Waals surface area (Å²) in [6.45, 7) is 0. The minimum atomic E-state index is 0.893. The summed E-state index contributed by atoms with van der Waals surface area (Å²) in [6.07, 6.45) is 0. The van der Waals surface area contributed by atoms with E-state index in [0.29, 0.717) is 0 Å². The lowest BCUT2D eigenvalue weighted by Crippen LogP contribution is -2.10. The summed E-state index contributed by atoms with van der Waals surface area (Å²) in [7, 11) is 0. The van der Waals surface area contributed by atoms with Crippen LogP contribution in [0.2, 0.25) is 0 Å². The molecule has 0 radical (unpaired) electrons. The van der Waals surface area contributed by atoms with Gasteiger partial charge >= 0.3 is 0 Å². The van der Waals surface area contributed by atoms with Gasteiger partial charge < -0.3 is 9.32 Å². The first-order valence-corrected chi connectivity index (χ1v) is 19.8. The predicted octanol–water partition coefficient (Wildman–Crippen LogP) is 16.0. The summed E-state index contributed by atoms with van der Waals surface area (Å²) >= 11 is 0. The van der Waals surface area contributed by atoms with Crippen LogP contribution in [0, 0.1) is 0 Å². The highest BCUT2D eigenvalue weighted by atomic mass is 16.3. The highest BCUT2D eigenvalue weighted by Gasteiger charge is 2.18. The van der Waals surface area contributed by atoms with E-state index in [1.807, 2.05) is 6.07 Å². The van der Waals surface area contributed by atoms with Crippen LogP contribution in [0.4, 0.5) is 17.1 Å². The van der Waals surface area contributed by atoms with Crippen LogP contribution in [0.1, 0.15) is 0 Å². The largest absolute Gasteiger partial charge is 0.455 e. The summed E-state index contributed by atoms with van der Waals surface area (Å²) in [5.74, 6) is 0. The molecule has 0 aliphatic carbocycles. The van der Waals surface area contributed by atoms with Gasteiger partial charge in [0.1, 0.15) is 11.2 Å². The Morgan fingerprint density at radius 2 is 0.810 bits per heavy atom. The fraction of sp³-hybridized carbons (Fsp3) is 0. The van der Waals surface area contributed by atoms with Crippen LogP contribution in [-0.4, -0.2) is 0 Å². The number of hydrogen-bond acceptors (Lipinski definition) is 2. The molecule has 11 rings (SSSR count). The van der Waals surface area contributed by atoms with E-state index in [9.17, 15) is 0 Å². The number of hydrogen-bond donors (Lipinski definition) is 0. The van der Waals surface area contributed by atoms with Crippen molar-refractivity contribution in [3.05, 3.63) is 224 Å². The van der Waals surface area contributed by atoms with Crippen molar-refractivity contribution in [2.24, 2.45) is 0 Å². The van der Waals surface area contributed by atoms with E-state index in [4.69, 9.17) is 4.42 Å². The van der Waals surface area contributed by atoms with Gasteiger partial charge in [0, 0.05) is 33.1 Å². The number of benzene rings is 10. The van der Waals surface area contributed by atoms with Gasteiger partial charge in [0.2, 0.25) is 0 Å². The Labute approximate surface area is 337 Å². The van der Waals surface area contributed by atoms with Gasteiger partial charge in [-0.05, 0) is 97.6 Å². The molecule has 1 aromatic heterocycles. The summed E-state index contributed by atoms with van der Waals surface area (Å²) < 4.78 is 6.49. The zero-order valence-corrected chi connectivity index (χ0v) is 31.7. The average Bonchev–Trinajstić information content (AvgIpc) is 3.68. The van der Waals surface area contributed by atoms with E-state index < -0.39 is 0 Å². The normalized spacial score (nSPS) is 11.4. The van der Waals surface area contributed by atoms with Gasteiger partial charge in [-0.25, -0.2) is 0 Å². The Hall–Kier alpha value is -7.68. The summed E-state index contributed by atoms with van der Waals surface area (Å²) in [4.78, 5) is 2.38. The van der Waals surface area contributed by atoms with Crippen LogP contribution in [0.3, 0.4) is 0 Å². The smallest absolute Gasteiger partial charge is 0.143 e. The second-order valence-corrected chi connectivity index (χ2v) is 14.9. The standard InChI is InChI=1S/C56H37NO/c1-3-13-40(14-4-1)48-22-9-19-43-20-10-23-49(55(43)48)42-29-34-46(35-30-42)57(53-26-11-18-39-17-7-8-21-47(39)53)45-32-27-38(28-33-45)44-31-36-54-52(37-44)51-25-12-24-50(56(51)58-54)41-15-5-2-6-16-41/h1-37H. The van der Waals surface area contributed by atoms with E-state index >= 15 is 0 Å². The Morgan fingerprint density at radius 3 is 1.52 bits per heavy atom. The number of rotatable bonds is 7. The molecule has 0 saturated heterocycles. The number of nitrogens with zero attached hydrogens (tertiary/aromatic N) is 1. The zero-order valence-electron chi connectivity index (χ0n) is 31.7. The number of anilines is 3. The third-order valence-corrected chi connectivity index (χ3v) is 11.5. The van der Waals surface area contributed by atoms with Crippen LogP contribution in [0.25, 0.3) is 88.0 Å². The number of furan rings is 1. The molecule has 0 fully saturated rings. The monoisotopic (exact) mass is 739 g/mol. The molecular weight excluding hydrogens is 703 g/mol. The molecule has 0 unspecified atom stereocenters. The fourth-order valence-electron chi connectivity index (χ4n) is 8.69. The molecule has 272 valence electrons. The van der Waals surface area contributed by atoms with Crippen molar-refractivity contribution in [3.8, 4) is 44.5 Å². The maximum Gasteiger partial charge on any atom is 0.143 e. The van der Waals surface area contributed by atoms with Crippen molar-refractivity contribution >= 4 is 60.5 Å². The van der Waals surface area contributed by atoms with E-state index in [1.165, 1.54) is 43.8 Å². The van der Waals surface area contributed by atoms with Gasteiger partial charge in [-0.3, -0.25) is 0 Å². The van der Waals surface area contributed by atoms with E-state index in [1.54, 1.807) is 0 Å². The second kappa shape index (κ2) is 14.1. The first kappa shape index (κ1) is 33.6. The first-order chi connectivity index (χ1) is 28.8. The third-order valence-electron chi connectivity index (χ3n) is 11.5. The van der Waals surface area contributed by atoms with Crippen LogP contribution in [0.15, 0.2) is 229 Å². The maximum atomic E-state index is 6.49. The molecule has 0 N–H and O–H groups in total. The molecule has 0 aliphatic heterocycles. The van der Waals surface area contributed by atoms with Gasteiger partial charge in [0.15, 0.2) is 0 Å². The molecule has 10 aromatic carbocycles. The SMILES string of the molecule is c1ccc(-c2cccc3c2oc2ccc(-c4ccc(N(c5ccc(-c6cccc7cccc(-c8ccccc8)c67)cc5)c5cccc6ccccc56)cc4)cc23)cc1.